The van der Waals surface area contributed by atoms with Crippen LogP contribution in [0.4, 0.5) is 5.69 Å². The fourth-order valence-corrected chi connectivity index (χ4v) is 2.92. The van der Waals surface area contributed by atoms with Gasteiger partial charge in [0.05, 0.1) is 20.5 Å². The molecule has 3 nitrogen and oxygen atoms in total. The molecule has 0 unspecified atom stereocenters. The number of benzene rings is 1. The van der Waals surface area contributed by atoms with E-state index >= 15 is 0 Å². The average molecular weight is 280 g/mol. The van der Waals surface area contributed by atoms with Gasteiger partial charge in [-0.05, 0) is 24.3 Å². The minimum atomic E-state index is -0.0487. The van der Waals surface area contributed by atoms with Crippen LogP contribution < -0.4 is 10.1 Å². The second-order valence-electron chi connectivity index (χ2n) is 3.89. The van der Waals surface area contributed by atoms with Crippen molar-refractivity contribution in [3.63, 3.8) is 0 Å². The second-order valence-corrected chi connectivity index (χ2v) is 5.61. The van der Waals surface area contributed by atoms with Crippen LogP contribution in [0.3, 0.4) is 0 Å². The summed E-state index contributed by atoms with van der Waals surface area (Å²) in [7, 11) is 0. The molecule has 1 aromatic carbocycles. The van der Waals surface area contributed by atoms with Crippen molar-refractivity contribution < 1.29 is 9.53 Å². The Kier molecular flexibility index (Phi) is 2.97. The number of hydrogen-bond donors (Lipinski definition) is 1. The molecule has 0 spiro atoms. The molecule has 18 heavy (non-hydrogen) atoms. The molecule has 0 atom stereocenters. The molecule has 1 aliphatic rings. The van der Waals surface area contributed by atoms with Gasteiger partial charge < -0.3 is 10.1 Å². The standard InChI is InChI=1S/C13H10ClNO2S/c14-11-5-4-10(18-11)12(16)8-2-1-3-9-13(8)17-7-6-15-9/h1-5,15H,6-7H2. The first-order valence-corrected chi connectivity index (χ1v) is 6.75. The largest absolute Gasteiger partial charge is 0.489 e. The van der Waals surface area contributed by atoms with E-state index in [-0.39, 0.29) is 5.78 Å². The van der Waals surface area contributed by atoms with Crippen molar-refractivity contribution >= 4 is 34.4 Å². The third-order valence-corrected chi connectivity index (χ3v) is 3.95. The molecule has 2 heterocycles. The molecular weight excluding hydrogens is 270 g/mol. The van der Waals surface area contributed by atoms with Gasteiger partial charge in [-0.2, -0.15) is 0 Å². The quantitative estimate of drug-likeness (QED) is 0.856. The molecule has 5 heteroatoms. The molecule has 92 valence electrons. The first kappa shape index (κ1) is 11.6. The van der Waals surface area contributed by atoms with E-state index in [2.05, 4.69) is 5.32 Å². The number of anilines is 1. The van der Waals surface area contributed by atoms with Crippen LogP contribution in [-0.2, 0) is 0 Å². The van der Waals surface area contributed by atoms with Gasteiger partial charge in [0.25, 0.3) is 0 Å². The van der Waals surface area contributed by atoms with Gasteiger partial charge >= 0.3 is 0 Å². The summed E-state index contributed by atoms with van der Waals surface area (Å²) in [5, 5.41) is 3.21. The molecular formula is C13H10ClNO2S. The molecule has 0 bridgehead atoms. The summed E-state index contributed by atoms with van der Waals surface area (Å²) in [6, 6.07) is 9.01. The minimum absolute atomic E-state index is 0.0487. The van der Waals surface area contributed by atoms with Crippen molar-refractivity contribution in [1.29, 1.82) is 0 Å². The molecule has 2 aromatic rings. The van der Waals surface area contributed by atoms with E-state index in [1.165, 1.54) is 11.3 Å². The van der Waals surface area contributed by atoms with Crippen LogP contribution in [-0.4, -0.2) is 18.9 Å². The van der Waals surface area contributed by atoms with Crippen molar-refractivity contribution in [1.82, 2.24) is 0 Å². The highest BCUT2D eigenvalue weighted by Crippen LogP contribution is 2.34. The summed E-state index contributed by atoms with van der Waals surface area (Å²) in [5.41, 5.74) is 1.45. The number of halogens is 1. The summed E-state index contributed by atoms with van der Waals surface area (Å²) in [4.78, 5) is 13.0. The summed E-state index contributed by atoms with van der Waals surface area (Å²) in [6.07, 6.45) is 0. The molecule has 3 rings (SSSR count). The van der Waals surface area contributed by atoms with Gasteiger partial charge in [0.1, 0.15) is 6.61 Å². The van der Waals surface area contributed by atoms with Gasteiger partial charge in [0, 0.05) is 6.54 Å². The van der Waals surface area contributed by atoms with E-state index in [0.29, 0.717) is 27.1 Å². The number of rotatable bonds is 2. The van der Waals surface area contributed by atoms with Gasteiger partial charge in [0.15, 0.2) is 5.75 Å². The maximum Gasteiger partial charge on any atom is 0.206 e. The molecule has 0 radical (unpaired) electrons. The van der Waals surface area contributed by atoms with Gasteiger partial charge in [-0.1, -0.05) is 17.7 Å². The van der Waals surface area contributed by atoms with Crippen LogP contribution in [0.5, 0.6) is 5.75 Å². The topological polar surface area (TPSA) is 38.3 Å². The molecule has 1 N–H and O–H groups in total. The lowest BCUT2D eigenvalue weighted by Crippen LogP contribution is -2.20. The van der Waals surface area contributed by atoms with Gasteiger partial charge in [0.2, 0.25) is 5.78 Å². The molecule has 0 saturated carbocycles. The fourth-order valence-electron chi connectivity index (χ4n) is 1.92. The van der Waals surface area contributed by atoms with Crippen molar-refractivity contribution in [2.45, 2.75) is 0 Å². The molecule has 0 fully saturated rings. The number of nitrogens with one attached hydrogen (secondary N) is 1. The van der Waals surface area contributed by atoms with E-state index in [1.54, 1.807) is 18.2 Å². The monoisotopic (exact) mass is 279 g/mol. The Morgan fingerprint density at radius 1 is 1.33 bits per heavy atom. The third-order valence-electron chi connectivity index (χ3n) is 2.72. The van der Waals surface area contributed by atoms with Gasteiger partial charge in [-0.3, -0.25) is 4.79 Å². The Balaban J connectivity index is 2.04. The van der Waals surface area contributed by atoms with Crippen LogP contribution in [0.25, 0.3) is 0 Å². The number of para-hydroxylation sites is 1. The lowest BCUT2D eigenvalue weighted by molar-refractivity contribution is 0.103. The number of ether oxygens (including phenoxy) is 1. The SMILES string of the molecule is O=C(c1ccc(Cl)s1)c1cccc2c1OCCN2. The fraction of sp³-hybridized carbons (Fsp3) is 0.154. The lowest BCUT2D eigenvalue weighted by atomic mass is 10.1. The van der Waals surface area contributed by atoms with Crippen LogP contribution in [0.2, 0.25) is 4.34 Å². The number of thiophene rings is 1. The number of carbonyl (C=O) groups is 1. The van der Waals surface area contributed by atoms with E-state index in [1.807, 2.05) is 12.1 Å². The zero-order valence-electron chi connectivity index (χ0n) is 9.40. The van der Waals surface area contributed by atoms with E-state index in [4.69, 9.17) is 16.3 Å². The zero-order valence-corrected chi connectivity index (χ0v) is 11.0. The highest BCUT2D eigenvalue weighted by molar-refractivity contribution is 7.18. The van der Waals surface area contributed by atoms with Crippen LogP contribution in [0.1, 0.15) is 15.2 Å². The molecule has 0 amide bonds. The Hall–Kier alpha value is -1.52. The number of ketones is 1. The number of fused-ring (bicyclic) bond motifs is 1. The predicted octanol–water partition coefficient (Wildman–Crippen LogP) is 3.44. The maximum atomic E-state index is 12.4. The van der Waals surface area contributed by atoms with Crippen molar-refractivity contribution in [3.05, 3.63) is 45.1 Å². The van der Waals surface area contributed by atoms with E-state index in [0.717, 1.165) is 12.2 Å². The van der Waals surface area contributed by atoms with Crippen molar-refractivity contribution in [2.24, 2.45) is 0 Å². The minimum Gasteiger partial charge on any atom is -0.489 e. The Morgan fingerprint density at radius 3 is 3.00 bits per heavy atom. The normalized spacial score (nSPS) is 13.4. The van der Waals surface area contributed by atoms with Crippen molar-refractivity contribution in [3.8, 4) is 5.75 Å². The highest BCUT2D eigenvalue weighted by atomic mass is 35.5. The lowest BCUT2D eigenvalue weighted by Gasteiger charge is -2.21. The number of hydrogen-bond acceptors (Lipinski definition) is 4. The second kappa shape index (κ2) is 4.63. The third kappa shape index (κ3) is 1.98. The Labute approximate surface area is 113 Å². The summed E-state index contributed by atoms with van der Waals surface area (Å²) >= 11 is 7.14. The first-order valence-electron chi connectivity index (χ1n) is 5.55. The zero-order chi connectivity index (χ0) is 12.5. The summed E-state index contributed by atoms with van der Waals surface area (Å²) in [5.74, 6) is 0.589. The van der Waals surface area contributed by atoms with E-state index < -0.39 is 0 Å². The summed E-state index contributed by atoms with van der Waals surface area (Å²) < 4.78 is 6.21. The summed E-state index contributed by atoms with van der Waals surface area (Å²) in [6.45, 7) is 1.33. The Morgan fingerprint density at radius 2 is 2.22 bits per heavy atom. The van der Waals surface area contributed by atoms with Crippen LogP contribution in [0, 0.1) is 0 Å². The molecule has 1 aromatic heterocycles. The smallest absolute Gasteiger partial charge is 0.206 e. The maximum absolute atomic E-state index is 12.4. The average Bonchev–Trinajstić information content (AvgIpc) is 2.84. The Bertz CT molecular complexity index is 609. The molecule has 0 aliphatic carbocycles. The molecule has 0 saturated heterocycles. The van der Waals surface area contributed by atoms with Crippen molar-refractivity contribution in [2.75, 3.05) is 18.5 Å². The van der Waals surface area contributed by atoms with E-state index in [9.17, 15) is 4.79 Å². The van der Waals surface area contributed by atoms with Crippen LogP contribution >= 0.6 is 22.9 Å². The predicted molar refractivity (Wildman–Crippen MR) is 73.2 cm³/mol. The van der Waals surface area contributed by atoms with Gasteiger partial charge in [-0.25, -0.2) is 0 Å². The molecule has 1 aliphatic heterocycles. The number of carbonyl (C=O) groups excluding carboxylic acids is 1. The highest BCUT2D eigenvalue weighted by Gasteiger charge is 2.21. The van der Waals surface area contributed by atoms with Crippen LogP contribution in [0.15, 0.2) is 30.3 Å². The van der Waals surface area contributed by atoms with Gasteiger partial charge in [-0.15, -0.1) is 11.3 Å². The first-order chi connectivity index (χ1) is 8.75.